The van der Waals surface area contributed by atoms with Gasteiger partial charge in [0.2, 0.25) is 0 Å². The molecule has 20 heavy (non-hydrogen) atoms. The number of benzene rings is 1. The number of aliphatic hydroxyl groups is 1. The highest BCUT2D eigenvalue weighted by Crippen LogP contribution is 2.16. The predicted octanol–water partition coefficient (Wildman–Crippen LogP) is 2.18. The van der Waals surface area contributed by atoms with Crippen LogP contribution in [0.4, 0.5) is 0 Å². The minimum atomic E-state index is -0.704. The van der Waals surface area contributed by atoms with Crippen LogP contribution >= 0.6 is 0 Å². The van der Waals surface area contributed by atoms with Crippen molar-refractivity contribution in [3.63, 3.8) is 0 Å². The van der Waals surface area contributed by atoms with E-state index in [1.54, 1.807) is 0 Å². The van der Waals surface area contributed by atoms with Gasteiger partial charge >= 0.3 is 0 Å². The van der Waals surface area contributed by atoms with E-state index >= 15 is 0 Å². The SMILES string of the molecule is CC(C)Cc1ccc(C(O)Cn2cnccc2=O)cc1. The Hall–Kier alpha value is -1.94. The van der Waals surface area contributed by atoms with E-state index in [4.69, 9.17) is 0 Å². The van der Waals surface area contributed by atoms with Crippen LogP contribution in [0.2, 0.25) is 0 Å². The highest BCUT2D eigenvalue weighted by Gasteiger charge is 2.09. The first-order chi connectivity index (χ1) is 9.56. The van der Waals surface area contributed by atoms with Gasteiger partial charge in [-0.3, -0.25) is 9.36 Å². The molecule has 0 bridgehead atoms. The van der Waals surface area contributed by atoms with E-state index in [2.05, 4.69) is 18.8 Å². The molecule has 2 aromatic rings. The summed E-state index contributed by atoms with van der Waals surface area (Å²) in [4.78, 5) is 15.5. The maximum Gasteiger partial charge on any atom is 0.253 e. The van der Waals surface area contributed by atoms with Crippen LogP contribution in [0.1, 0.15) is 31.1 Å². The van der Waals surface area contributed by atoms with Crippen LogP contribution < -0.4 is 5.56 Å². The van der Waals surface area contributed by atoms with E-state index < -0.39 is 6.10 Å². The number of nitrogens with zero attached hydrogens (tertiary/aromatic N) is 2. The zero-order valence-electron chi connectivity index (χ0n) is 11.9. The van der Waals surface area contributed by atoms with Gasteiger partial charge in [0.15, 0.2) is 0 Å². The summed E-state index contributed by atoms with van der Waals surface area (Å²) < 4.78 is 1.41. The quantitative estimate of drug-likeness (QED) is 0.907. The van der Waals surface area contributed by atoms with E-state index in [0.717, 1.165) is 12.0 Å². The highest BCUT2D eigenvalue weighted by atomic mass is 16.3. The highest BCUT2D eigenvalue weighted by molar-refractivity contribution is 5.24. The van der Waals surface area contributed by atoms with Crippen molar-refractivity contribution in [2.75, 3.05) is 0 Å². The summed E-state index contributed by atoms with van der Waals surface area (Å²) in [6, 6.07) is 9.29. The molecule has 1 heterocycles. The lowest BCUT2D eigenvalue weighted by Gasteiger charge is -2.13. The molecule has 1 N–H and O–H groups in total. The molecule has 1 atom stereocenters. The molecule has 2 rings (SSSR count). The second-order valence-corrected chi connectivity index (χ2v) is 5.43. The van der Waals surface area contributed by atoms with Crippen molar-refractivity contribution < 1.29 is 5.11 Å². The van der Waals surface area contributed by atoms with Crippen LogP contribution in [0.3, 0.4) is 0 Å². The molecule has 0 amide bonds. The molecule has 0 aliphatic carbocycles. The van der Waals surface area contributed by atoms with Crippen LogP contribution in [-0.2, 0) is 13.0 Å². The maximum absolute atomic E-state index is 11.6. The summed E-state index contributed by atoms with van der Waals surface area (Å²) in [6.07, 6.45) is 3.22. The van der Waals surface area contributed by atoms with Crippen molar-refractivity contribution in [3.05, 3.63) is 64.3 Å². The fraction of sp³-hybridized carbons (Fsp3) is 0.375. The van der Waals surface area contributed by atoms with Gasteiger partial charge in [0.1, 0.15) is 0 Å². The first-order valence-electron chi connectivity index (χ1n) is 6.83. The third kappa shape index (κ3) is 3.78. The number of rotatable bonds is 5. The van der Waals surface area contributed by atoms with Crippen molar-refractivity contribution in [2.45, 2.75) is 32.9 Å². The summed E-state index contributed by atoms with van der Waals surface area (Å²) >= 11 is 0. The first kappa shape index (κ1) is 14.5. The lowest BCUT2D eigenvalue weighted by molar-refractivity contribution is 0.154. The van der Waals surface area contributed by atoms with Gasteiger partial charge in [0.05, 0.1) is 19.0 Å². The Kier molecular flexibility index (Phi) is 4.69. The molecular weight excluding hydrogens is 252 g/mol. The Morgan fingerprint density at radius 3 is 2.50 bits per heavy atom. The van der Waals surface area contributed by atoms with Crippen molar-refractivity contribution >= 4 is 0 Å². The summed E-state index contributed by atoms with van der Waals surface area (Å²) in [5.41, 5.74) is 1.92. The van der Waals surface area contributed by atoms with Gasteiger partial charge < -0.3 is 5.11 Å². The second-order valence-electron chi connectivity index (χ2n) is 5.43. The van der Waals surface area contributed by atoms with Gasteiger partial charge in [-0.05, 0) is 23.5 Å². The van der Waals surface area contributed by atoms with E-state index in [0.29, 0.717) is 5.92 Å². The summed E-state index contributed by atoms with van der Waals surface area (Å²) in [5, 5.41) is 10.2. The lowest BCUT2D eigenvalue weighted by atomic mass is 10.0. The largest absolute Gasteiger partial charge is 0.387 e. The summed E-state index contributed by atoms with van der Waals surface area (Å²) in [5.74, 6) is 0.611. The Balaban J connectivity index is 2.08. The molecular formula is C16H20N2O2. The minimum absolute atomic E-state index is 0.157. The zero-order valence-corrected chi connectivity index (χ0v) is 11.9. The van der Waals surface area contributed by atoms with Gasteiger partial charge in [0, 0.05) is 12.3 Å². The lowest BCUT2D eigenvalue weighted by Crippen LogP contribution is -2.22. The Bertz CT molecular complexity index is 602. The Morgan fingerprint density at radius 2 is 1.90 bits per heavy atom. The number of hydrogen-bond acceptors (Lipinski definition) is 3. The smallest absolute Gasteiger partial charge is 0.253 e. The third-order valence-corrected chi connectivity index (χ3v) is 3.17. The van der Waals surface area contributed by atoms with E-state index in [-0.39, 0.29) is 12.1 Å². The van der Waals surface area contributed by atoms with Crippen molar-refractivity contribution in [1.82, 2.24) is 9.55 Å². The monoisotopic (exact) mass is 272 g/mol. The Labute approximate surface area is 118 Å². The number of hydrogen-bond donors (Lipinski definition) is 1. The van der Waals surface area contributed by atoms with Crippen molar-refractivity contribution in [1.29, 1.82) is 0 Å². The van der Waals surface area contributed by atoms with Crippen LogP contribution in [0.15, 0.2) is 47.7 Å². The Morgan fingerprint density at radius 1 is 1.20 bits per heavy atom. The maximum atomic E-state index is 11.6. The molecule has 0 aliphatic heterocycles. The van der Waals surface area contributed by atoms with Gasteiger partial charge in [0.25, 0.3) is 5.56 Å². The molecule has 0 radical (unpaired) electrons. The van der Waals surface area contributed by atoms with Crippen LogP contribution in [0.25, 0.3) is 0 Å². The summed E-state index contributed by atoms with van der Waals surface area (Å²) in [6.45, 7) is 4.57. The fourth-order valence-corrected chi connectivity index (χ4v) is 2.15. The molecule has 0 saturated heterocycles. The molecule has 4 heteroatoms. The minimum Gasteiger partial charge on any atom is -0.387 e. The van der Waals surface area contributed by atoms with E-state index in [1.165, 1.54) is 28.7 Å². The van der Waals surface area contributed by atoms with Gasteiger partial charge in [-0.15, -0.1) is 0 Å². The third-order valence-electron chi connectivity index (χ3n) is 3.17. The molecule has 0 fully saturated rings. The first-order valence-corrected chi connectivity index (χ1v) is 6.83. The van der Waals surface area contributed by atoms with E-state index in [1.807, 2.05) is 24.3 Å². The van der Waals surface area contributed by atoms with Crippen LogP contribution in [-0.4, -0.2) is 14.7 Å². The van der Waals surface area contributed by atoms with Crippen molar-refractivity contribution in [3.8, 4) is 0 Å². The standard InChI is InChI=1S/C16H20N2O2/c1-12(2)9-13-3-5-14(6-4-13)15(19)10-18-11-17-8-7-16(18)20/h3-8,11-12,15,19H,9-10H2,1-2H3. The average molecular weight is 272 g/mol. The van der Waals surface area contributed by atoms with Crippen LogP contribution in [0, 0.1) is 5.92 Å². The molecule has 1 unspecified atom stereocenters. The van der Waals surface area contributed by atoms with Gasteiger partial charge in [-0.25, -0.2) is 4.98 Å². The number of aromatic nitrogens is 2. The molecule has 1 aromatic heterocycles. The topological polar surface area (TPSA) is 55.1 Å². The van der Waals surface area contributed by atoms with Crippen molar-refractivity contribution in [2.24, 2.45) is 5.92 Å². The molecule has 4 nitrogen and oxygen atoms in total. The molecule has 106 valence electrons. The van der Waals surface area contributed by atoms with Gasteiger partial charge in [-0.2, -0.15) is 0 Å². The molecule has 0 spiro atoms. The number of aliphatic hydroxyl groups excluding tert-OH is 1. The average Bonchev–Trinajstić information content (AvgIpc) is 2.41. The zero-order chi connectivity index (χ0) is 14.5. The summed E-state index contributed by atoms with van der Waals surface area (Å²) in [7, 11) is 0. The second kappa shape index (κ2) is 6.48. The van der Waals surface area contributed by atoms with Gasteiger partial charge in [-0.1, -0.05) is 38.1 Å². The molecule has 0 saturated carbocycles. The molecule has 1 aromatic carbocycles. The fourth-order valence-electron chi connectivity index (χ4n) is 2.15. The van der Waals surface area contributed by atoms with Crippen LogP contribution in [0.5, 0.6) is 0 Å². The molecule has 0 aliphatic rings. The van der Waals surface area contributed by atoms with E-state index in [9.17, 15) is 9.90 Å². The normalized spacial score (nSPS) is 12.6. The predicted molar refractivity (Wildman–Crippen MR) is 78.4 cm³/mol.